The lowest BCUT2D eigenvalue weighted by atomic mass is 9.57. The molecular formula is C20H29NO4. The van der Waals surface area contributed by atoms with Crippen molar-refractivity contribution in [3.8, 4) is 0 Å². The van der Waals surface area contributed by atoms with E-state index in [1.807, 2.05) is 6.92 Å². The van der Waals surface area contributed by atoms with Crippen LogP contribution in [-0.2, 0) is 26.3 Å². The standard InChI is InChI=1S/C20H29NO4/c1-12-7-8-15-13(2)17(16-6-5-11-21(16)4)22-18-20(15)14(12)9-10-19(3,23-18)24-25-20/h5-6,11-15,17-18H,7-10H2,1-4H3/t12-,13-,14+,15+,17-,18-,19+,20-/m1/s1. The first-order valence-corrected chi connectivity index (χ1v) is 9.76. The van der Waals surface area contributed by atoms with E-state index in [2.05, 4.69) is 43.8 Å². The summed E-state index contributed by atoms with van der Waals surface area (Å²) in [5.41, 5.74) is 0.752. The van der Waals surface area contributed by atoms with E-state index in [1.165, 1.54) is 12.1 Å². The molecule has 4 aliphatic heterocycles. The van der Waals surface area contributed by atoms with Gasteiger partial charge in [-0.05, 0) is 56.1 Å². The molecule has 0 aromatic carbocycles. The largest absolute Gasteiger partial charge is 0.352 e. The topological polar surface area (TPSA) is 41.9 Å². The van der Waals surface area contributed by atoms with Gasteiger partial charge in [0.15, 0.2) is 11.9 Å². The van der Waals surface area contributed by atoms with Gasteiger partial charge in [0, 0.05) is 31.3 Å². The lowest BCUT2D eigenvalue weighted by Gasteiger charge is -2.60. The molecule has 5 aliphatic rings. The monoisotopic (exact) mass is 347 g/mol. The number of rotatable bonds is 1. The van der Waals surface area contributed by atoms with Gasteiger partial charge < -0.3 is 14.0 Å². The van der Waals surface area contributed by atoms with Crippen LogP contribution in [0, 0.1) is 23.7 Å². The normalized spacial score (nSPS) is 51.8. The minimum atomic E-state index is -0.698. The van der Waals surface area contributed by atoms with Crippen molar-refractivity contribution >= 4 is 0 Å². The van der Waals surface area contributed by atoms with Gasteiger partial charge in [0.1, 0.15) is 6.10 Å². The maximum Gasteiger partial charge on any atom is 0.201 e. The van der Waals surface area contributed by atoms with Crippen LogP contribution in [0.5, 0.6) is 0 Å². The van der Waals surface area contributed by atoms with E-state index in [4.69, 9.17) is 19.2 Å². The molecule has 0 amide bonds. The van der Waals surface area contributed by atoms with Gasteiger partial charge in [-0.3, -0.25) is 0 Å². The Morgan fingerprint density at radius 2 is 1.96 bits per heavy atom. The first kappa shape index (κ1) is 16.3. The Bertz CT molecular complexity index is 674. The fourth-order valence-corrected chi connectivity index (χ4v) is 6.01. The van der Waals surface area contributed by atoms with Crippen LogP contribution in [-0.4, -0.2) is 22.2 Å². The summed E-state index contributed by atoms with van der Waals surface area (Å²) in [6.45, 7) is 6.64. The molecule has 0 radical (unpaired) electrons. The zero-order valence-corrected chi connectivity index (χ0v) is 15.6. The summed E-state index contributed by atoms with van der Waals surface area (Å²) in [7, 11) is 2.09. The molecule has 1 saturated carbocycles. The van der Waals surface area contributed by atoms with E-state index in [1.54, 1.807) is 0 Å². The summed E-state index contributed by atoms with van der Waals surface area (Å²) in [6, 6.07) is 4.25. The highest BCUT2D eigenvalue weighted by Gasteiger charge is 2.69. The van der Waals surface area contributed by atoms with Crippen molar-refractivity contribution in [2.45, 2.75) is 70.2 Å². The second-order valence-corrected chi connectivity index (χ2v) is 8.87. The van der Waals surface area contributed by atoms with Crippen LogP contribution in [0.15, 0.2) is 18.3 Å². The Labute approximate surface area is 149 Å². The van der Waals surface area contributed by atoms with Gasteiger partial charge in [-0.25, -0.2) is 9.78 Å². The lowest BCUT2D eigenvalue weighted by molar-refractivity contribution is -0.571. The van der Waals surface area contributed by atoms with Gasteiger partial charge in [0.05, 0.1) is 0 Å². The second kappa shape index (κ2) is 5.32. The molecule has 0 N–H and O–H groups in total. The Balaban J connectivity index is 1.60. The Morgan fingerprint density at radius 1 is 1.12 bits per heavy atom. The van der Waals surface area contributed by atoms with Gasteiger partial charge in [0.25, 0.3) is 0 Å². The van der Waals surface area contributed by atoms with E-state index in [0.717, 1.165) is 19.3 Å². The van der Waals surface area contributed by atoms with E-state index < -0.39 is 11.4 Å². The minimum absolute atomic E-state index is 0.0289. The SMILES string of the molecule is C[C@H]1[C@H](c2cccn2C)O[C@@H]2O[C@]3(C)CC[C@H]4[C@H](C)CC[C@@H]1[C@@]24OO3. The maximum absolute atomic E-state index is 6.63. The maximum atomic E-state index is 6.63. The van der Waals surface area contributed by atoms with E-state index in [9.17, 15) is 0 Å². The molecule has 1 spiro atoms. The predicted molar refractivity (Wildman–Crippen MR) is 91.2 cm³/mol. The number of fused-ring (bicyclic) bond motifs is 2. The summed E-state index contributed by atoms with van der Waals surface area (Å²) in [5.74, 6) is 1.08. The molecular weight excluding hydrogens is 318 g/mol. The van der Waals surface area contributed by atoms with Crippen molar-refractivity contribution in [1.29, 1.82) is 0 Å². The van der Waals surface area contributed by atoms with Crippen LogP contribution in [0.25, 0.3) is 0 Å². The summed E-state index contributed by atoms with van der Waals surface area (Å²) in [4.78, 5) is 12.1. The van der Waals surface area contributed by atoms with Crippen LogP contribution in [0.1, 0.15) is 58.3 Å². The highest BCUT2D eigenvalue weighted by atomic mass is 17.3. The molecule has 8 atom stereocenters. The van der Waals surface area contributed by atoms with Gasteiger partial charge in [0.2, 0.25) is 5.79 Å². The van der Waals surface area contributed by atoms with Crippen LogP contribution in [0.4, 0.5) is 0 Å². The molecule has 5 nitrogen and oxygen atoms in total. The third-order valence-corrected chi connectivity index (χ3v) is 7.43. The Hall–Kier alpha value is -0.880. The fourth-order valence-electron chi connectivity index (χ4n) is 6.01. The zero-order valence-electron chi connectivity index (χ0n) is 15.6. The predicted octanol–water partition coefficient (Wildman–Crippen LogP) is 3.95. The Morgan fingerprint density at radius 3 is 2.72 bits per heavy atom. The number of aryl methyl sites for hydroxylation is 1. The number of nitrogens with zero attached hydrogens (tertiary/aromatic N) is 1. The quantitative estimate of drug-likeness (QED) is 0.722. The summed E-state index contributed by atoms with van der Waals surface area (Å²) < 4.78 is 15.2. The third-order valence-electron chi connectivity index (χ3n) is 7.43. The average molecular weight is 347 g/mol. The second-order valence-electron chi connectivity index (χ2n) is 8.87. The summed E-state index contributed by atoms with van der Waals surface area (Å²) >= 11 is 0. The van der Waals surface area contributed by atoms with Crippen molar-refractivity contribution in [1.82, 2.24) is 4.57 Å². The number of hydrogen-bond acceptors (Lipinski definition) is 4. The van der Waals surface area contributed by atoms with Gasteiger partial charge in [-0.1, -0.05) is 13.8 Å². The molecule has 1 aromatic rings. The van der Waals surface area contributed by atoms with Crippen molar-refractivity contribution in [2.24, 2.45) is 30.7 Å². The highest BCUT2D eigenvalue weighted by molar-refractivity contribution is 5.17. The zero-order chi connectivity index (χ0) is 17.4. The fraction of sp³-hybridized carbons (Fsp3) is 0.800. The van der Waals surface area contributed by atoms with Crippen molar-refractivity contribution in [2.75, 3.05) is 0 Å². The molecule has 2 bridgehead atoms. The van der Waals surface area contributed by atoms with E-state index in [0.29, 0.717) is 23.7 Å². The van der Waals surface area contributed by atoms with Gasteiger partial charge in [-0.2, -0.15) is 0 Å². The number of ether oxygens (including phenoxy) is 2. The summed E-state index contributed by atoms with van der Waals surface area (Å²) in [5, 5.41) is 0. The smallest absolute Gasteiger partial charge is 0.201 e. The number of aromatic nitrogens is 1. The van der Waals surface area contributed by atoms with Crippen molar-refractivity contribution in [3.05, 3.63) is 24.0 Å². The molecule has 4 saturated heterocycles. The average Bonchev–Trinajstić information content (AvgIpc) is 2.87. The van der Waals surface area contributed by atoms with Gasteiger partial charge >= 0.3 is 0 Å². The molecule has 138 valence electrons. The van der Waals surface area contributed by atoms with Crippen LogP contribution in [0.2, 0.25) is 0 Å². The molecule has 25 heavy (non-hydrogen) atoms. The first-order valence-electron chi connectivity index (χ1n) is 9.76. The highest BCUT2D eigenvalue weighted by Crippen LogP contribution is 2.62. The summed E-state index contributed by atoms with van der Waals surface area (Å²) in [6.07, 6.45) is 6.08. The first-order chi connectivity index (χ1) is 11.9. The molecule has 6 rings (SSSR count). The molecule has 5 fully saturated rings. The van der Waals surface area contributed by atoms with Crippen LogP contribution >= 0.6 is 0 Å². The molecule has 5 heterocycles. The van der Waals surface area contributed by atoms with E-state index in [-0.39, 0.29) is 12.4 Å². The Kier molecular flexibility index (Phi) is 3.47. The van der Waals surface area contributed by atoms with Crippen molar-refractivity contribution in [3.63, 3.8) is 0 Å². The molecule has 0 unspecified atom stereocenters. The minimum Gasteiger partial charge on any atom is -0.352 e. The van der Waals surface area contributed by atoms with Crippen LogP contribution < -0.4 is 0 Å². The lowest BCUT2D eigenvalue weighted by Crippen LogP contribution is -2.69. The number of hydrogen-bond donors (Lipinski definition) is 0. The van der Waals surface area contributed by atoms with Crippen LogP contribution in [0.3, 0.4) is 0 Å². The van der Waals surface area contributed by atoms with Gasteiger partial charge in [-0.15, -0.1) is 0 Å². The molecule has 1 aliphatic carbocycles. The van der Waals surface area contributed by atoms with E-state index >= 15 is 0 Å². The van der Waals surface area contributed by atoms with Crippen molar-refractivity contribution < 1.29 is 19.2 Å². The third kappa shape index (κ3) is 2.10. The molecule has 1 aromatic heterocycles. The molecule has 5 heteroatoms.